The average molecular weight is 233 g/mol. The predicted octanol–water partition coefficient (Wildman–Crippen LogP) is 2.30. The Balaban J connectivity index is 1.86. The fourth-order valence-electron chi connectivity index (χ4n) is 2.26. The molecule has 1 aromatic rings. The molecule has 1 saturated heterocycles. The molecule has 3 heteroatoms. The van der Waals surface area contributed by atoms with Gasteiger partial charge < -0.3 is 5.11 Å². The minimum atomic E-state index is -0.730. The summed E-state index contributed by atoms with van der Waals surface area (Å²) >= 11 is 0. The summed E-state index contributed by atoms with van der Waals surface area (Å²) < 4.78 is 0. The van der Waals surface area contributed by atoms with E-state index >= 15 is 0 Å². The second-order valence-corrected chi connectivity index (χ2v) is 4.69. The molecule has 0 unspecified atom stereocenters. The molecule has 0 aliphatic carbocycles. The molecule has 1 fully saturated rings. The highest BCUT2D eigenvalue weighted by molar-refractivity contribution is 5.67. The van der Waals surface area contributed by atoms with E-state index in [1.165, 1.54) is 31.5 Å². The van der Waals surface area contributed by atoms with E-state index in [1.54, 1.807) is 0 Å². The quantitative estimate of drug-likeness (QED) is 0.848. The van der Waals surface area contributed by atoms with Gasteiger partial charge >= 0.3 is 5.97 Å². The maximum absolute atomic E-state index is 10.5. The molecular formula is C14H19NO2. The van der Waals surface area contributed by atoms with Crippen LogP contribution in [-0.4, -0.2) is 29.1 Å². The van der Waals surface area contributed by atoms with Gasteiger partial charge in [-0.15, -0.1) is 0 Å². The number of carboxylic acids is 1. The number of aryl methyl sites for hydroxylation is 1. The van der Waals surface area contributed by atoms with Gasteiger partial charge in [0.1, 0.15) is 0 Å². The molecule has 0 saturated carbocycles. The fourth-order valence-corrected chi connectivity index (χ4v) is 2.26. The van der Waals surface area contributed by atoms with Crippen LogP contribution in [0.3, 0.4) is 0 Å². The van der Waals surface area contributed by atoms with Gasteiger partial charge in [-0.25, -0.2) is 0 Å². The molecule has 1 heterocycles. The molecule has 0 atom stereocenters. The first-order valence-corrected chi connectivity index (χ1v) is 6.26. The molecule has 1 aromatic carbocycles. The second-order valence-electron chi connectivity index (χ2n) is 4.69. The first kappa shape index (κ1) is 12.1. The Hall–Kier alpha value is -1.35. The monoisotopic (exact) mass is 233 g/mol. The third-order valence-corrected chi connectivity index (χ3v) is 3.26. The van der Waals surface area contributed by atoms with Crippen LogP contribution < -0.4 is 0 Å². The second kappa shape index (κ2) is 5.82. The summed E-state index contributed by atoms with van der Waals surface area (Å²) in [6.07, 6.45) is 3.47. The first-order valence-electron chi connectivity index (χ1n) is 6.26. The zero-order valence-electron chi connectivity index (χ0n) is 10.1. The minimum Gasteiger partial charge on any atom is -0.481 e. The van der Waals surface area contributed by atoms with Crippen LogP contribution in [0.25, 0.3) is 0 Å². The zero-order chi connectivity index (χ0) is 12.1. The summed E-state index contributed by atoms with van der Waals surface area (Å²) in [6, 6.07) is 8.34. The summed E-state index contributed by atoms with van der Waals surface area (Å²) in [7, 11) is 0. The topological polar surface area (TPSA) is 40.5 Å². The SMILES string of the molecule is O=C(O)CCc1ccc(CN2CCCC2)cc1. The summed E-state index contributed by atoms with van der Waals surface area (Å²) in [5.74, 6) is -0.730. The van der Waals surface area contributed by atoms with Gasteiger partial charge in [0, 0.05) is 13.0 Å². The standard InChI is InChI=1S/C14H19NO2/c16-14(17)8-7-12-3-5-13(6-4-12)11-15-9-1-2-10-15/h3-6H,1-2,7-11H2,(H,16,17). The molecule has 2 rings (SSSR count). The Morgan fingerprint density at radius 3 is 2.29 bits per heavy atom. The van der Waals surface area contributed by atoms with Crippen LogP contribution in [0.2, 0.25) is 0 Å². The Bertz CT molecular complexity index is 366. The Morgan fingerprint density at radius 1 is 1.12 bits per heavy atom. The Morgan fingerprint density at radius 2 is 1.71 bits per heavy atom. The van der Waals surface area contributed by atoms with E-state index in [1.807, 2.05) is 12.1 Å². The Labute approximate surface area is 102 Å². The van der Waals surface area contributed by atoms with Crippen molar-refractivity contribution in [3.63, 3.8) is 0 Å². The molecule has 1 aliphatic heterocycles. The third-order valence-electron chi connectivity index (χ3n) is 3.26. The van der Waals surface area contributed by atoms with Crippen molar-refractivity contribution in [3.05, 3.63) is 35.4 Å². The molecule has 17 heavy (non-hydrogen) atoms. The van der Waals surface area contributed by atoms with Crippen LogP contribution in [-0.2, 0) is 17.8 Å². The smallest absolute Gasteiger partial charge is 0.303 e. The van der Waals surface area contributed by atoms with E-state index < -0.39 is 5.97 Å². The lowest BCUT2D eigenvalue weighted by atomic mass is 10.1. The lowest BCUT2D eigenvalue weighted by molar-refractivity contribution is -0.136. The molecule has 0 amide bonds. The number of carboxylic acid groups (broad SMARTS) is 1. The van der Waals surface area contributed by atoms with Crippen molar-refractivity contribution >= 4 is 5.97 Å². The lowest BCUT2D eigenvalue weighted by Gasteiger charge is -2.14. The Kier molecular flexibility index (Phi) is 4.15. The van der Waals surface area contributed by atoms with Gasteiger partial charge in [0.25, 0.3) is 0 Å². The third kappa shape index (κ3) is 3.86. The van der Waals surface area contributed by atoms with E-state index in [-0.39, 0.29) is 6.42 Å². The zero-order valence-corrected chi connectivity index (χ0v) is 10.1. The van der Waals surface area contributed by atoms with Crippen molar-refractivity contribution < 1.29 is 9.90 Å². The molecule has 1 aliphatic rings. The van der Waals surface area contributed by atoms with E-state index in [4.69, 9.17) is 5.11 Å². The molecule has 1 N–H and O–H groups in total. The van der Waals surface area contributed by atoms with Gasteiger partial charge in [-0.1, -0.05) is 24.3 Å². The molecule has 0 aromatic heterocycles. The number of hydrogen-bond donors (Lipinski definition) is 1. The van der Waals surface area contributed by atoms with E-state index in [2.05, 4.69) is 17.0 Å². The minimum absolute atomic E-state index is 0.214. The molecule has 3 nitrogen and oxygen atoms in total. The summed E-state index contributed by atoms with van der Waals surface area (Å²) in [6.45, 7) is 3.45. The number of nitrogens with zero attached hydrogens (tertiary/aromatic N) is 1. The van der Waals surface area contributed by atoms with Crippen molar-refractivity contribution in [2.24, 2.45) is 0 Å². The van der Waals surface area contributed by atoms with Gasteiger partial charge in [-0.2, -0.15) is 0 Å². The van der Waals surface area contributed by atoms with Crippen molar-refractivity contribution in [1.82, 2.24) is 4.90 Å². The molecule has 0 spiro atoms. The number of aliphatic carboxylic acids is 1. The maximum Gasteiger partial charge on any atom is 0.303 e. The predicted molar refractivity (Wildman–Crippen MR) is 66.9 cm³/mol. The van der Waals surface area contributed by atoms with Crippen LogP contribution in [0.5, 0.6) is 0 Å². The van der Waals surface area contributed by atoms with Crippen molar-refractivity contribution in [2.75, 3.05) is 13.1 Å². The highest BCUT2D eigenvalue weighted by Crippen LogP contribution is 2.13. The largest absolute Gasteiger partial charge is 0.481 e. The first-order chi connectivity index (χ1) is 8.24. The van der Waals surface area contributed by atoms with Crippen LogP contribution in [0.4, 0.5) is 0 Å². The number of carbonyl (C=O) groups is 1. The fraction of sp³-hybridized carbons (Fsp3) is 0.500. The number of likely N-dealkylation sites (tertiary alicyclic amines) is 1. The van der Waals surface area contributed by atoms with Gasteiger partial charge in [0.2, 0.25) is 0 Å². The molecule has 0 radical (unpaired) electrons. The van der Waals surface area contributed by atoms with Crippen molar-refractivity contribution in [1.29, 1.82) is 0 Å². The summed E-state index contributed by atoms with van der Waals surface area (Å²) in [5, 5.41) is 8.61. The van der Waals surface area contributed by atoms with Crippen LogP contribution in [0.1, 0.15) is 30.4 Å². The van der Waals surface area contributed by atoms with Gasteiger partial charge in [0.05, 0.1) is 0 Å². The normalized spacial score (nSPS) is 16.2. The van der Waals surface area contributed by atoms with E-state index in [9.17, 15) is 4.79 Å². The highest BCUT2D eigenvalue weighted by atomic mass is 16.4. The summed E-state index contributed by atoms with van der Waals surface area (Å²) in [4.78, 5) is 12.9. The van der Waals surface area contributed by atoms with Crippen molar-refractivity contribution in [3.8, 4) is 0 Å². The maximum atomic E-state index is 10.5. The van der Waals surface area contributed by atoms with Crippen LogP contribution >= 0.6 is 0 Å². The van der Waals surface area contributed by atoms with Gasteiger partial charge in [-0.3, -0.25) is 9.69 Å². The van der Waals surface area contributed by atoms with Gasteiger partial charge in [0.15, 0.2) is 0 Å². The lowest BCUT2D eigenvalue weighted by Crippen LogP contribution is -2.18. The molecule has 92 valence electrons. The number of rotatable bonds is 5. The van der Waals surface area contributed by atoms with Crippen LogP contribution in [0.15, 0.2) is 24.3 Å². The molecule has 0 bridgehead atoms. The number of benzene rings is 1. The number of hydrogen-bond acceptors (Lipinski definition) is 2. The molecular weight excluding hydrogens is 214 g/mol. The highest BCUT2D eigenvalue weighted by Gasteiger charge is 2.11. The van der Waals surface area contributed by atoms with Crippen molar-refractivity contribution in [2.45, 2.75) is 32.2 Å². The van der Waals surface area contributed by atoms with E-state index in [0.29, 0.717) is 6.42 Å². The van der Waals surface area contributed by atoms with E-state index in [0.717, 1.165) is 12.1 Å². The van der Waals surface area contributed by atoms with Gasteiger partial charge in [-0.05, 0) is 43.5 Å². The summed E-state index contributed by atoms with van der Waals surface area (Å²) in [5.41, 5.74) is 2.43. The average Bonchev–Trinajstić information content (AvgIpc) is 2.81. The van der Waals surface area contributed by atoms with Crippen LogP contribution in [0, 0.1) is 0 Å².